The molecular formula is C12H12BrNO3. The second kappa shape index (κ2) is 4.16. The lowest BCUT2D eigenvalue weighted by Gasteiger charge is -2.18. The lowest BCUT2D eigenvalue weighted by atomic mass is 9.96. The molecule has 0 bridgehead atoms. The molecule has 0 aliphatic carbocycles. The molecule has 0 aliphatic heterocycles. The number of hydrogen-bond acceptors (Lipinski definition) is 3. The summed E-state index contributed by atoms with van der Waals surface area (Å²) in [4.78, 5) is 10.7. The van der Waals surface area contributed by atoms with E-state index >= 15 is 0 Å². The van der Waals surface area contributed by atoms with Crippen molar-refractivity contribution in [1.29, 1.82) is 0 Å². The number of carboxylic acids is 1. The van der Waals surface area contributed by atoms with E-state index < -0.39 is 11.5 Å². The fourth-order valence-electron chi connectivity index (χ4n) is 1.70. The Hall–Kier alpha value is -1.33. The lowest BCUT2D eigenvalue weighted by molar-refractivity contribution is -0.138. The van der Waals surface area contributed by atoms with Crippen molar-refractivity contribution in [3.05, 3.63) is 34.5 Å². The van der Waals surface area contributed by atoms with Crippen LogP contribution in [0.25, 0.3) is 11.0 Å². The molecule has 0 saturated heterocycles. The summed E-state index contributed by atoms with van der Waals surface area (Å²) in [5.74, 6) is -0.468. The molecule has 0 aliphatic rings. The third-order valence-corrected chi connectivity index (χ3v) is 3.05. The van der Waals surface area contributed by atoms with Gasteiger partial charge in [-0.1, -0.05) is 15.9 Å². The van der Waals surface area contributed by atoms with E-state index in [-0.39, 0.29) is 6.42 Å². The first kappa shape index (κ1) is 12.1. The lowest BCUT2D eigenvalue weighted by Crippen LogP contribution is -2.35. The molecule has 3 N–H and O–H groups in total. The van der Waals surface area contributed by atoms with Crippen LogP contribution >= 0.6 is 15.9 Å². The summed E-state index contributed by atoms with van der Waals surface area (Å²) < 4.78 is 6.52. The van der Waals surface area contributed by atoms with E-state index in [1.54, 1.807) is 13.0 Å². The van der Waals surface area contributed by atoms with Crippen LogP contribution in [0.15, 0.2) is 33.2 Å². The van der Waals surface area contributed by atoms with Crippen LogP contribution in [0.4, 0.5) is 0 Å². The topological polar surface area (TPSA) is 76.5 Å². The fourth-order valence-corrected chi connectivity index (χ4v) is 2.08. The van der Waals surface area contributed by atoms with Gasteiger partial charge in [-0.25, -0.2) is 0 Å². The number of hydrogen-bond donors (Lipinski definition) is 2. The Morgan fingerprint density at radius 3 is 2.88 bits per heavy atom. The Morgan fingerprint density at radius 2 is 2.24 bits per heavy atom. The van der Waals surface area contributed by atoms with Crippen LogP contribution in [-0.4, -0.2) is 11.1 Å². The van der Waals surface area contributed by atoms with Crippen LogP contribution in [-0.2, 0) is 10.3 Å². The highest BCUT2D eigenvalue weighted by Gasteiger charge is 2.28. The monoisotopic (exact) mass is 297 g/mol. The Labute approximate surface area is 107 Å². The van der Waals surface area contributed by atoms with Gasteiger partial charge in [0.05, 0.1) is 12.0 Å². The molecule has 0 radical (unpaired) electrons. The number of carboxylic acid groups (broad SMARTS) is 1. The number of aliphatic carboxylic acids is 1. The molecule has 0 saturated carbocycles. The predicted molar refractivity (Wildman–Crippen MR) is 67.7 cm³/mol. The van der Waals surface area contributed by atoms with Crippen LogP contribution < -0.4 is 5.73 Å². The smallest absolute Gasteiger partial charge is 0.305 e. The maximum Gasteiger partial charge on any atom is 0.305 e. The zero-order valence-corrected chi connectivity index (χ0v) is 10.8. The van der Waals surface area contributed by atoms with E-state index in [4.69, 9.17) is 15.3 Å². The van der Waals surface area contributed by atoms with Crippen LogP contribution in [0.2, 0.25) is 0 Å². The molecule has 0 spiro atoms. The summed E-state index contributed by atoms with van der Waals surface area (Å²) in [6.45, 7) is 1.65. The highest BCUT2D eigenvalue weighted by Crippen LogP contribution is 2.30. The molecule has 4 nitrogen and oxygen atoms in total. The summed E-state index contributed by atoms with van der Waals surface area (Å²) in [7, 11) is 0. The molecule has 1 aromatic heterocycles. The molecule has 2 rings (SSSR count). The zero-order valence-electron chi connectivity index (χ0n) is 9.24. The number of furan rings is 1. The molecule has 0 amide bonds. The van der Waals surface area contributed by atoms with E-state index in [1.807, 2.05) is 18.2 Å². The van der Waals surface area contributed by atoms with Crippen molar-refractivity contribution < 1.29 is 14.3 Å². The molecule has 2 aromatic rings. The van der Waals surface area contributed by atoms with Gasteiger partial charge in [0, 0.05) is 9.86 Å². The Bertz CT molecular complexity index is 574. The maximum atomic E-state index is 10.7. The Morgan fingerprint density at radius 1 is 1.53 bits per heavy atom. The number of nitrogens with two attached hydrogens (primary N) is 1. The van der Waals surface area contributed by atoms with Crippen LogP contribution in [0.1, 0.15) is 19.1 Å². The van der Waals surface area contributed by atoms with Gasteiger partial charge in [-0.2, -0.15) is 0 Å². The van der Waals surface area contributed by atoms with Gasteiger partial charge in [-0.15, -0.1) is 0 Å². The first-order valence-corrected chi connectivity index (χ1v) is 5.88. The number of rotatable bonds is 3. The number of halogens is 1. The number of benzene rings is 1. The van der Waals surface area contributed by atoms with Crippen molar-refractivity contribution in [3.8, 4) is 0 Å². The third kappa shape index (κ3) is 2.50. The van der Waals surface area contributed by atoms with Gasteiger partial charge in [0.1, 0.15) is 11.3 Å². The summed E-state index contributed by atoms with van der Waals surface area (Å²) >= 11 is 3.37. The first-order valence-electron chi connectivity index (χ1n) is 5.09. The summed E-state index contributed by atoms with van der Waals surface area (Å²) in [6, 6.07) is 7.36. The average Bonchev–Trinajstić information content (AvgIpc) is 2.58. The largest absolute Gasteiger partial charge is 0.481 e. The standard InChI is InChI=1S/C12H12BrNO3/c1-12(14,6-11(15)16)10-5-7-4-8(13)2-3-9(7)17-10/h2-5H,6,14H2,1H3,(H,15,16). The number of fused-ring (bicyclic) bond motifs is 1. The van der Waals surface area contributed by atoms with E-state index in [0.717, 1.165) is 9.86 Å². The van der Waals surface area contributed by atoms with Crippen molar-refractivity contribution in [3.63, 3.8) is 0 Å². The quantitative estimate of drug-likeness (QED) is 0.913. The molecule has 1 atom stereocenters. The van der Waals surface area contributed by atoms with E-state index in [9.17, 15) is 4.79 Å². The Kier molecular flexibility index (Phi) is 2.97. The molecule has 90 valence electrons. The Balaban J connectivity index is 2.45. The van der Waals surface area contributed by atoms with Crippen molar-refractivity contribution in [2.24, 2.45) is 5.73 Å². The second-order valence-corrected chi connectivity index (χ2v) is 5.20. The fraction of sp³-hybridized carbons (Fsp3) is 0.250. The minimum absolute atomic E-state index is 0.173. The van der Waals surface area contributed by atoms with Gasteiger partial charge < -0.3 is 15.3 Å². The maximum absolute atomic E-state index is 10.7. The van der Waals surface area contributed by atoms with Crippen molar-refractivity contribution >= 4 is 32.9 Å². The van der Waals surface area contributed by atoms with E-state index in [0.29, 0.717) is 11.3 Å². The summed E-state index contributed by atoms with van der Waals surface area (Å²) in [5, 5.41) is 9.70. The molecule has 0 fully saturated rings. The first-order chi connectivity index (χ1) is 7.88. The van der Waals surface area contributed by atoms with Gasteiger partial charge >= 0.3 is 5.97 Å². The molecule has 1 aromatic carbocycles. The average molecular weight is 298 g/mol. The predicted octanol–water partition coefficient (Wildman–Crippen LogP) is 2.84. The van der Waals surface area contributed by atoms with Gasteiger partial charge in [-0.3, -0.25) is 4.79 Å². The van der Waals surface area contributed by atoms with Crippen molar-refractivity contribution in [1.82, 2.24) is 0 Å². The minimum Gasteiger partial charge on any atom is -0.481 e. The molecule has 5 heteroatoms. The van der Waals surface area contributed by atoms with Crippen LogP contribution in [0, 0.1) is 0 Å². The SMILES string of the molecule is CC(N)(CC(=O)O)c1cc2cc(Br)ccc2o1. The molecular weight excluding hydrogens is 286 g/mol. The highest BCUT2D eigenvalue weighted by atomic mass is 79.9. The molecule has 17 heavy (non-hydrogen) atoms. The minimum atomic E-state index is -1.00. The van der Waals surface area contributed by atoms with Crippen molar-refractivity contribution in [2.75, 3.05) is 0 Å². The summed E-state index contributed by atoms with van der Waals surface area (Å²) in [5.41, 5.74) is 5.65. The zero-order chi connectivity index (χ0) is 12.6. The van der Waals surface area contributed by atoms with Gasteiger partial charge in [0.2, 0.25) is 0 Å². The van der Waals surface area contributed by atoms with Crippen molar-refractivity contribution in [2.45, 2.75) is 18.9 Å². The highest BCUT2D eigenvalue weighted by molar-refractivity contribution is 9.10. The third-order valence-electron chi connectivity index (χ3n) is 2.56. The molecule has 1 heterocycles. The number of carbonyl (C=O) groups is 1. The van der Waals surface area contributed by atoms with Gasteiger partial charge in [0.25, 0.3) is 0 Å². The van der Waals surface area contributed by atoms with Gasteiger partial charge in [0.15, 0.2) is 0 Å². The van der Waals surface area contributed by atoms with Crippen LogP contribution in [0.3, 0.4) is 0 Å². The normalized spacial score (nSPS) is 14.8. The van der Waals surface area contributed by atoms with E-state index in [1.165, 1.54) is 0 Å². The van der Waals surface area contributed by atoms with E-state index in [2.05, 4.69) is 15.9 Å². The second-order valence-electron chi connectivity index (χ2n) is 4.28. The summed E-state index contributed by atoms with van der Waals surface area (Å²) in [6.07, 6.45) is -0.173. The van der Waals surface area contributed by atoms with Gasteiger partial charge in [-0.05, 0) is 31.2 Å². The molecule has 1 unspecified atom stereocenters. The van der Waals surface area contributed by atoms with Crippen LogP contribution in [0.5, 0.6) is 0 Å².